The molecule has 0 bridgehead atoms. The van der Waals surface area contributed by atoms with Crippen LogP contribution in [0.5, 0.6) is 0 Å². The largest absolute Gasteiger partial charge is 0.450 e. The van der Waals surface area contributed by atoms with Crippen LogP contribution in [-0.4, -0.2) is 48.9 Å². The zero-order valence-electron chi connectivity index (χ0n) is 12.4. The normalized spacial score (nSPS) is 16.8. The number of halogens is 1. The maximum atomic E-state index is 13.3. The molecular formula is C15H21FN2O3. The molecule has 0 spiro atoms. The van der Waals surface area contributed by atoms with E-state index < -0.39 is 6.10 Å². The molecule has 0 saturated carbocycles. The Kier molecular flexibility index (Phi) is 5.01. The van der Waals surface area contributed by atoms with E-state index >= 15 is 0 Å². The van der Waals surface area contributed by atoms with Crippen molar-refractivity contribution in [2.75, 3.05) is 37.7 Å². The molecule has 0 aliphatic carbocycles. The number of aliphatic hydroxyl groups is 1. The number of amides is 1. The van der Waals surface area contributed by atoms with Gasteiger partial charge in [0.15, 0.2) is 0 Å². The first-order valence-electron chi connectivity index (χ1n) is 7.17. The summed E-state index contributed by atoms with van der Waals surface area (Å²) in [6.45, 7) is 6.12. The van der Waals surface area contributed by atoms with Gasteiger partial charge in [0, 0.05) is 37.4 Å². The predicted octanol–water partition coefficient (Wildman–Crippen LogP) is 2.16. The summed E-state index contributed by atoms with van der Waals surface area (Å²) in [6, 6.07) is 4.42. The maximum absolute atomic E-state index is 13.3. The average molecular weight is 296 g/mol. The Morgan fingerprint density at radius 2 is 2.05 bits per heavy atom. The molecule has 0 unspecified atom stereocenters. The lowest BCUT2D eigenvalue weighted by Gasteiger charge is -2.36. The van der Waals surface area contributed by atoms with Gasteiger partial charge < -0.3 is 19.6 Å². The zero-order valence-corrected chi connectivity index (χ0v) is 12.4. The number of anilines is 1. The van der Waals surface area contributed by atoms with Crippen LogP contribution in [0.15, 0.2) is 18.2 Å². The first-order chi connectivity index (χ1) is 10.0. The monoisotopic (exact) mass is 296 g/mol. The number of aliphatic hydroxyl groups excluding tert-OH is 1. The van der Waals surface area contributed by atoms with Crippen LogP contribution < -0.4 is 4.90 Å². The molecule has 1 amide bonds. The molecule has 2 rings (SSSR count). The smallest absolute Gasteiger partial charge is 0.409 e. The van der Waals surface area contributed by atoms with Crippen LogP contribution in [0.2, 0.25) is 0 Å². The van der Waals surface area contributed by atoms with Crippen LogP contribution >= 0.6 is 0 Å². The van der Waals surface area contributed by atoms with E-state index in [9.17, 15) is 14.3 Å². The van der Waals surface area contributed by atoms with Crippen molar-refractivity contribution in [1.29, 1.82) is 0 Å². The highest BCUT2D eigenvalue weighted by Gasteiger charge is 2.24. The quantitative estimate of drug-likeness (QED) is 0.928. The molecule has 1 aliphatic rings. The summed E-state index contributed by atoms with van der Waals surface area (Å²) in [4.78, 5) is 15.4. The minimum Gasteiger partial charge on any atom is -0.450 e. The summed E-state index contributed by atoms with van der Waals surface area (Å²) < 4.78 is 18.3. The summed E-state index contributed by atoms with van der Waals surface area (Å²) in [5, 5.41) is 9.79. The fraction of sp³-hybridized carbons (Fsp3) is 0.533. The van der Waals surface area contributed by atoms with Gasteiger partial charge in [0.25, 0.3) is 0 Å². The minimum atomic E-state index is -0.737. The number of carbonyl (C=O) groups is 1. The molecular weight excluding hydrogens is 275 g/mol. The van der Waals surface area contributed by atoms with Gasteiger partial charge in [0.05, 0.1) is 12.7 Å². The number of piperazine rings is 1. The van der Waals surface area contributed by atoms with Crippen molar-refractivity contribution in [2.24, 2.45) is 0 Å². The number of rotatable bonds is 3. The molecule has 1 aromatic rings. The summed E-state index contributed by atoms with van der Waals surface area (Å²) >= 11 is 0. The number of hydrogen-bond acceptors (Lipinski definition) is 4. The third kappa shape index (κ3) is 3.64. The van der Waals surface area contributed by atoms with Crippen LogP contribution in [-0.2, 0) is 4.74 Å². The Hall–Kier alpha value is -1.82. The molecule has 116 valence electrons. The van der Waals surface area contributed by atoms with Crippen molar-refractivity contribution in [3.63, 3.8) is 0 Å². The highest BCUT2D eigenvalue weighted by Crippen LogP contribution is 2.28. The molecule has 1 N–H and O–H groups in total. The third-order valence-electron chi connectivity index (χ3n) is 3.59. The number of nitrogens with zero attached hydrogens (tertiary/aromatic N) is 2. The highest BCUT2D eigenvalue weighted by molar-refractivity contribution is 5.68. The van der Waals surface area contributed by atoms with E-state index in [1.165, 1.54) is 12.1 Å². The van der Waals surface area contributed by atoms with Gasteiger partial charge in [-0.05, 0) is 32.0 Å². The van der Waals surface area contributed by atoms with E-state index in [-0.39, 0.29) is 11.9 Å². The lowest BCUT2D eigenvalue weighted by Crippen LogP contribution is -2.49. The van der Waals surface area contributed by atoms with Gasteiger partial charge in [-0.2, -0.15) is 0 Å². The Bertz CT molecular complexity index is 500. The van der Waals surface area contributed by atoms with E-state index in [2.05, 4.69) is 4.90 Å². The molecule has 1 aromatic carbocycles. The summed E-state index contributed by atoms with van der Waals surface area (Å²) in [5.41, 5.74) is 1.38. The fourth-order valence-corrected chi connectivity index (χ4v) is 2.49. The second-order valence-electron chi connectivity index (χ2n) is 5.05. The predicted molar refractivity (Wildman–Crippen MR) is 77.8 cm³/mol. The number of ether oxygens (including phenoxy) is 1. The summed E-state index contributed by atoms with van der Waals surface area (Å²) in [6.07, 6.45) is -1.04. The van der Waals surface area contributed by atoms with Gasteiger partial charge in [0.1, 0.15) is 5.82 Å². The second kappa shape index (κ2) is 6.76. The van der Waals surface area contributed by atoms with E-state index in [0.717, 1.165) is 5.69 Å². The SMILES string of the molecule is CCOC(=O)N1CCN(c2ccc(F)cc2[C@H](C)O)CC1. The molecule has 1 saturated heterocycles. The zero-order chi connectivity index (χ0) is 15.4. The molecule has 0 radical (unpaired) electrons. The lowest BCUT2D eigenvalue weighted by atomic mass is 10.1. The van der Waals surface area contributed by atoms with E-state index in [0.29, 0.717) is 38.3 Å². The van der Waals surface area contributed by atoms with Crippen molar-refractivity contribution in [2.45, 2.75) is 20.0 Å². The van der Waals surface area contributed by atoms with E-state index in [1.54, 1.807) is 24.8 Å². The number of benzene rings is 1. The molecule has 1 fully saturated rings. The highest BCUT2D eigenvalue weighted by atomic mass is 19.1. The molecule has 21 heavy (non-hydrogen) atoms. The average Bonchev–Trinajstić information content (AvgIpc) is 2.47. The van der Waals surface area contributed by atoms with Crippen molar-refractivity contribution < 1.29 is 19.0 Å². The lowest BCUT2D eigenvalue weighted by molar-refractivity contribution is 0.105. The molecule has 1 atom stereocenters. The van der Waals surface area contributed by atoms with Crippen LogP contribution in [0.25, 0.3) is 0 Å². The van der Waals surface area contributed by atoms with Crippen LogP contribution in [0.4, 0.5) is 14.9 Å². The van der Waals surface area contributed by atoms with E-state index in [4.69, 9.17) is 4.74 Å². The standard InChI is InChI=1S/C15H21FN2O3/c1-3-21-15(20)18-8-6-17(7-9-18)14-5-4-12(16)10-13(14)11(2)19/h4-5,10-11,19H,3,6-9H2,1-2H3/t11-/m0/s1. The van der Waals surface area contributed by atoms with Gasteiger partial charge in [-0.1, -0.05) is 0 Å². The minimum absolute atomic E-state index is 0.299. The van der Waals surface area contributed by atoms with Crippen LogP contribution in [0.3, 0.4) is 0 Å². The summed E-state index contributed by atoms with van der Waals surface area (Å²) in [7, 11) is 0. The molecule has 1 heterocycles. The molecule has 5 nitrogen and oxygen atoms in total. The van der Waals surface area contributed by atoms with Gasteiger partial charge in [0.2, 0.25) is 0 Å². The molecule has 1 aliphatic heterocycles. The Labute approximate surface area is 123 Å². The van der Waals surface area contributed by atoms with Gasteiger partial charge in [-0.3, -0.25) is 0 Å². The van der Waals surface area contributed by atoms with Crippen molar-refractivity contribution >= 4 is 11.8 Å². The van der Waals surface area contributed by atoms with Gasteiger partial charge >= 0.3 is 6.09 Å². The van der Waals surface area contributed by atoms with Crippen molar-refractivity contribution in [3.8, 4) is 0 Å². The second-order valence-corrected chi connectivity index (χ2v) is 5.05. The Morgan fingerprint density at radius 3 is 2.62 bits per heavy atom. The molecule has 6 heteroatoms. The van der Waals surface area contributed by atoms with Crippen molar-refractivity contribution in [3.05, 3.63) is 29.6 Å². The topological polar surface area (TPSA) is 53.0 Å². The van der Waals surface area contributed by atoms with Crippen LogP contribution in [0.1, 0.15) is 25.5 Å². The van der Waals surface area contributed by atoms with Crippen LogP contribution in [0, 0.1) is 5.82 Å². The Balaban J connectivity index is 2.07. The summed E-state index contributed by atoms with van der Waals surface area (Å²) in [5.74, 6) is -0.361. The maximum Gasteiger partial charge on any atom is 0.409 e. The van der Waals surface area contributed by atoms with Gasteiger partial charge in [-0.25, -0.2) is 9.18 Å². The first-order valence-corrected chi connectivity index (χ1v) is 7.17. The van der Waals surface area contributed by atoms with Crippen molar-refractivity contribution in [1.82, 2.24) is 4.90 Å². The fourth-order valence-electron chi connectivity index (χ4n) is 2.49. The van der Waals surface area contributed by atoms with Gasteiger partial charge in [-0.15, -0.1) is 0 Å². The van der Waals surface area contributed by atoms with E-state index in [1.807, 2.05) is 0 Å². The number of carbonyl (C=O) groups excluding carboxylic acids is 1. The number of hydrogen-bond donors (Lipinski definition) is 1. The first kappa shape index (κ1) is 15.6. The Morgan fingerprint density at radius 1 is 1.38 bits per heavy atom. The third-order valence-corrected chi connectivity index (χ3v) is 3.59. The molecule has 0 aromatic heterocycles.